The second kappa shape index (κ2) is 30.7. The van der Waals surface area contributed by atoms with Gasteiger partial charge in [0.05, 0.1) is 6.61 Å². The molecule has 2 heteroatoms. The molecule has 0 amide bonds. The van der Waals surface area contributed by atoms with Crippen LogP contribution in [0.2, 0.25) is 0 Å². The third kappa shape index (κ3) is 28.2. The highest BCUT2D eigenvalue weighted by molar-refractivity contribution is 5.86. The SMILES string of the molecule is C=C(C)C(=O)OCC(CCCCCCCCCC)CCCCCCCCCCCCCCCCCCCC. The second-order valence-corrected chi connectivity index (χ2v) is 12.3. The summed E-state index contributed by atoms with van der Waals surface area (Å²) in [5.74, 6) is 0.308. The van der Waals surface area contributed by atoms with E-state index in [1.165, 1.54) is 180 Å². The Bertz CT molecular complexity index is 498. The van der Waals surface area contributed by atoms with Gasteiger partial charge < -0.3 is 4.74 Å². The van der Waals surface area contributed by atoms with E-state index in [2.05, 4.69) is 20.4 Å². The number of unbranched alkanes of at least 4 members (excludes halogenated alkanes) is 24. The molecule has 0 fully saturated rings. The molecule has 0 aromatic carbocycles. The normalized spacial score (nSPS) is 12.1. The van der Waals surface area contributed by atoms with Crippen molar-refractivity contribution >= 4 is 5.97 Å². The minimum atomic E-state index is -0.219. The second-order valence-electron chi connectivity index (χ2n) is 12.3. The maximum Gasteiger partial charge on any atom is 0.333 e. The molecule has 0 saturated heterocycles. The number of hydrogen-bond donors (Lipinski definition) is 0. The van der Waals surface area contributed by atoms with E-state index < -0.39 is 0 Å². The average Bonchev–Trinajstić information content (AvgIpc) is 2.91. The first-order valence-electron chi connectivity index (χ1n) is 17.4. The molecule has 0 N–H and O–H groups in total. The van der Waals surface area contributed by atoms with Gasteiger partial charge in [-0.1, -0.05) is 187 Å². The van der Waals surface area contributed by atoms with E-state index in [9.17, 15) is 4.79 Å². The van der Waals surface area contributed by atoms with Crippen molar-refractivity contribution in [2.45, 2.75) is 201 Å². The number of esters is 1. The van der Waals surface area contributed by atoms with Crippen LogP contribution in [0.4, 0.5) is 0 Å². The van der Waals surface area contributed by atoms with E-state index in [-0.39, 0.29) is 5.97 Å². The molecule has 0 heterocycles. The lowest BCUT2D eigenvalue weighted by Crippen LogP contribution is -2.15. The first kappa shape index (κ1) is 37.2. The Hall–Kier alpha value is -0.790. The van der Waals surface area contributed by atoms with Gasteiger partial charge in [0.2, 0.25) is 0 Å². The minimum Gasteiger partial charge on any atom is -0.462 e. The maximum absolute atomic E-state index is 11.9. The molecule has 0 spiro atoms. The largest absolute Gasteiger partial charge is 0.462 e. The van der Waals surface area contributed by atoms with Crippen molar-refractivity contribution in [2.75, 3.05) is 6.61 Å². The molecule has 0 aromatic heterocycles. The number of ether oxygens (including phenoxy) is 1. The van der Waals surface area contributed by atoms with Crippen LogP contribution in [0.5, 0.6) is 0 Å². The molecule has 0 bridgehead atoms. The molecule has 226 valence electrons. The van der Waals surface area contributed by atoms with Gasteiger partial charge in [0.1, 0.15) is 0 Å². The van der Waals surface area contributed by atoms with Gasteiger partial charge >= 0.3 is 5.97 Å². The predicted molar refractivity (Wildman–Crippen MR) is 170 cm³/mol. The lowest BCUT2D eigenvalue weighted by atomic mass is 9.94. The summed E-state index contributed by atoms with van der Waals surface area (Å²) in [7, 11) is 0. The fourth-order valence-corrected chi connectivity index (χ4v) is 5.53. The summed E-state index contributed by atoms with van der Waals surface area (Å²) in [5.41, 5.74) is 0.518. The van der Waals surface area contributed by atoms with E-state index in [1.54, 1.807) is 6.92 Å². The Kier molecular flexibility index (Phi) is 30.1. The van der Waals surface area contributed by atoms with E-state index in [0.717, 1.165) is 0 Å². The fraction of sp³-hybridized carbons (Fsp3) is 0.917. The standard InChI is InChI=1S/C36H70O2/c1-5-7-9-11-13-15-16-17-18-19-20-21-22-23-24-26-28-30-32-35(33-38-36(37)34(3)4)31-29-27-25-14-12-10-8-6-2/h35H,3,5-33H2,1-2,4H3. The van der Waals surface area contributed by atoms with Gasteiger partial charge in [-0.3, -0.25) is 0 Å². The van der Waals surface area contributed by atoms with Crippen LogP contribution < -0.4 is 0 Å². The average molecular weight is 535 g/mol. The van der Waals surface area contributed by atoms with Crippen LogP contribution in [0, 0.1) is 5.92 Å². The Morgan fingerprint density at radius 2 is 0.763 bits per heavy atom. The molecule has 0 radical (unpaired) electrons. The monoisotopic (exact) mass is 535 g/mol. The predicted octanol–water partition coefficient (Wildman–Crippen LogP) is 12.7. The van der Waals surface area contributed by atoms with E-state index >= 15 is 0 Å². The van der Waals surface area contributed by atoms with Crippen molar-refractivity contribution in [1.29, 1.82) is 0 Å². The summed E-state index contributed by atoms with van der Waals surface area (Å²) < 4.78 is 5.54. The quantitative estimate of drug-likeness (QED) is 0.0502. The molecule has 38 heavy (non-hydrogen) atoms. The molecule has 1 unspecified atom stereocenters. The smallest absolute Gasteiger partial charge is 0.333 e. The Morgan fingerprint density at radius 1 is 0.500 bits per heavy atom. The van der Waals surface area contributed by atoms with Crippen molar-refractivity contribution in [3.8, 4) is 0 Å². The molecule has 0 saturated carbocycles. The van der Waals surface area contributed by atoms with Crippen molar-refractivity contribution in [3.05, 3.63) is 12.2 Å². The summed E-state index contributed by atoms with van der Waals surface area (Å²) in [4.78, 5) is 11.9. The van der Waals surface area contributed by atoms with Gasteiger partial charge in [-0.25, -0.2) is 4.79 Å². The van der Waals surface area contributed by atoms with Crippen LogP contribution in [0.1, 0.15) is 201 Å². The first-order valence-corrected chi connectivity index (χ1v) is 17.4. The summed E-state index contributed by atoms with van der Waals surface area (Å²) in [6.07, 6.45) is 38.8. The van der Waals surface area contributed by atoms with Crippen LogP contribution >= 0.6 is 0 Å². The molecule has 0 aromatic rings. The molecule has 0 aliphatic carbocycles. The number of carbonyl (C=O) groups is 1. The van der Waals surface area contributed by atoms with Gasteiger partial charge in [-0.05, 0) is 25.7 Å². The highest BCUT2D eigenvalue weighted by atomic mass is 16.5. The Labute approximate surface area is 240 Å². The van der Waals surface area contributed by atoms with Gasteiger partial charge in [0.15, 0.2) is 0 Å². The Balaban J connectivity index is 3.67. The van der Waals surface area contributed by atoms with Crippen LogP contribution in [-0.4, -0.2) is 12.6 Å². The number of hydrogen-bond acceptors (Lipinski definition) is 2. The van der Waals surface area contributed by atoms with Crippen LogP contribution in [-0.2, 0) is 9.53 Å². The van der Waals surface area contributed by atoms with Crippen LogP contribution in [0.15, 0.2) is 12.2 Å². The lowest BCUT2D eigenvalue weighted by Gasteiger charge is -2.17. The lowest BCUT2D eigenvalue weighted by molar-refractivity contribution is -0.140. The van der Waals surface area contributed by atoms with Crippen LogP contribution in [0.25, 0.3) is 0 Å². The van der Waals surface area contributed by atoms with Gasteiger partial charge in [-0.2, -0.15) is 0 Å². The topological polar surface area (TPSA) is 26.3 Å². The van der Waals surface area contributed by atoms with E-state index in [4.69, 9.17) is 4.74 Å². The maximum atomic E-state index is 11.9. The third-order valence-electron chi connectivity index (χ3n) is 8.23. The van der Waals surface area contributed by atoms with Crippen LogP contribution in [0.3, 0.4) is 0 Å². The molecule has 0 rings (SSSR count). The molecular formula is C36H70O2. The van der Waals surface area contributed by atoms with Gasteiger partial charge in [0, 0.05) is 5.57 Å². The van der Waals surface area contributed by atoms with Gasteiger partial charge in [0.25, 0.3) is 0 Å². The molecular weight excluding hydrogens is 464 g/mol. The highest BCUT2D eigenvalue weighted by Crippen LogP contribution is 2.21. The third-order valence-corrected chi connectivity index (χ3v) is 8.23. The molecule has 0 aliphatic heterocycles. The number of rotatable bonds is 31. The van der Waals surface area contributed by atoms with Crippen molar-refractivity contribution < 1.29 is 9.53 Å². The zero-order valence-corrected chi connectivity index (χ0v) is 26.6. The minimum absolute atomic E-state index is 0.219. The van der Waals surface area contributed by atoms with E-state index in [1.807, 2.05) is 0 Å². The fourth-order valence-electron chi connectivity index (χ4n) is 5.53. The highest BCUT2D eigenvalue weighted by Gasteiger charge is 2.12. The molecule has 0 aliphatic rings. The zero-order chi connectivity index (χ0) is 27.9. The Morgan fingerprint density at radius 3 is 1.03 bits per heavy atom. The molecule has 1 atom stereocenters. The molecule has 2 nitrogen and oxygen atoms in total. The van der Waals surface area contributed by atoms with Crippen molar-refractivity contribution in [1.82, 2.24) is 0 Å². The van der Waals surface area contributed by atoms with E-state index in [0.29, 0.717) is 18.1 Å². The van der Waals surface area contributed by atoms with Crippen molar-refractivity contribution in [2.24, 2.45) is 5.92 Å². The summed E-state index contributed by atoms with van der Waals surface area (Å²) in [6.45, 7) is 10.6. The van der Waals surface area contributed by atoms with Crippen molar-refractivity contribution in [3.63, 3.8) is 0 Å². The van der Waals surface area contributed by atoms with Gasteiger partial charge in [-0.15, -0.1) is 0 Å². The first-order chi connectivity index (χ1) is 18.6. The zero-order valence-electron chi connectivity index (χ0n) is 26.6. The summed E-state index contributed by atoms with van der Waals surface area (Å²) in [6, 6.07) is 0. The summed E-state index contributed by atoms with van der Waals surface area (Å²) in [5, 5.41) is 0. The summed E-state index contributed by atoms with van der Waals surface area (Å²) >= 11 is 0. The number of carbonyl (C=O) groups excluding carboxylic acids is 1.